The fourth-order valence-corrected chi connectivity index (χ4v) is 1.64. The maximum absolute atomic E-state index is 4.38. The Bertz CT molecular complexity index is 447. The first kappa shape index (κ1) is 10.7. The van der Waals surface area contributed by atoms with Gasteiger partial charge in [-0.15, -0.1) is 0 Å². The largest absolute Gasteiger partial charge is 0.378 e. The van der Waals surface area contributed by atoms with Gasteiger partial charge >= 0.3 is 0 Å². The highest BCUT2D eigenvalue weighted by molar-refractivity contribution is 5.46. The second-order valence-electron chi connectivity index (χ2n) is 3.73. The minimum atomic E-state index is 0.784. The number of nitrogens with one attached hydrogen (secondary N) is 1. The van der Waals surface area contributed by atoms with E-state index in [2.05, 4.69) is 28.4 Å². The van der Waals surface area contributed by atoms with Crippen LogP contribution in [0.25, 0.3) is 0 Å². The molecule has 0 aromatic carbocycles. The number of hydrogen-bond donors (Lipinski definition) is 1. The molecule has 2 aromatic heterocycles. The van der Waals surface area contributed by atoms with Crippen molar-refractivity contribution in [3.63, 3.8) is 0 Å². The molecule has 4 nitrogen and oxygen atoms in total. The first-order valence-electron chi connectivity index (χ1n) is 5.45. The maximum Gasteiger partial charge on any atom is 0.0853 e. The summed E-state index contributed by atoms with van der Waals surface area (Å²) in [6.07, 6.45) is 6.60. The van der Waals surface area contributed by atoms with Gasteiger partial charge in [0.2, 0.25) is 0 Å². The monoisotopic (exact) mass is 216 g/mol. The summed E-state index contributed by atoms with van der Waals surface area (Å²) in [6.45, 7) is 2.89. The Morgan fingerprint density at radius 1 is 1.44 bits per heavy atom. The van der Waals surface area contributed by atoms with Gasteiger partial charge in [-0.3, -0.25) is 9.67 Å². The molecule has 0 radical (unpaired) electrons. The molecule has 0 fully saturated rings. The second-order valence-corrected chi connectivity index (χ2v) is 3.73. The zero-order valence-electron chi connectivity index (χ0n) is 9.64. The highest BCUT2D eigenvalue weighted by Crippen LogP contribution is 2.14. The van der Waals surface area contributed by atoms with E-state index in [1.54, 1.807) is 6.20 Å². The lowest BCUT2D eigenvalue weighted by molar-refractivity contribution is 0.746. The van der Waals surface area contributed by atoms with Crippen LogP contribution in [0.1, 0.15) is 18.2 Å². The van der Waals surface area contributed by atoms with Gasteiger partial charge in [-0.05, 0) is 18.1 Å². The van der Waals surface area contributed by atoms with Gasteiger partial charge in [-0.2, -0.15) is 5.10 Å². The van der Waals surface area contributed by atoms with Crippen LogP contribution in [0, 0.1) is 0 Å². The zero-order valence-corrected chi connectivity index (χ0v) is 9.64. The lowest BCUT2D eigenvalue weighted by Crippen LogP contribution is -2.00. The Morgan fingerprint density at radius 2 is 2.31 bits per heavy atom. The van der Waals surface area contributed by atoms with Crippen LogP contribution in [-0.2, 0) is 20.0 Å². The number of aromatic nitrogens is 3. The fraction of sp³-hybridized carbons (Fsp3) is 0.333. The van der Waals surface area contributed by atoms with Gasteiger partial charge in [0.25, 0.3) is 0 Å². The third kappa shape index (κ3) is 2.39. The Labute approximate surface area is 95.3 Å². The molecular formula is C12H16N4. The Balaban J connectivity index is 2.04. The molecule has 84 valence electrons. The minimum absolute atomic E-state index is 0.784. The van der Waals surface area contributed by atoms with Crippen molar-refractivity contribution < 1.29 is 0 Å². The van der Waals surface area contributed by atoms with Crippen molar-refractivity contribution in [3.05, 3.63) is 42.0 Å². The molecule has 2 aromatic rings. The summed E-state index contributed by atoms with van der Waals surface area (Å²) in [6, 6.07) is 4.00. The van der Waals surface area contributed by atoms with E-state index in [1.807, 2.05) is 30.2 Å². The van der Waals surface area contributed by atoms with Crippen LogP contribution in [0.2, 0.25) is 0 Å². The van der Waals surface area contributed by atoms with Crippen LogP contribution < -0.4 is 5.32 Å². The van der Waals surface area contributed by atoms with E-state index in [9.17, 15) is 0 Å². The molecule has 4 heteroatoms. The van der Waals surface area contributed by atoms with Crippen molar-refractivity contribution in [1.29, 1.82) is 0 Å². The standard InChI is InChI=1S/C12H16N4/c1-3-11-12(9-16(2)15-11)14-8-10-5-4-6-13-7-10/h4-7,9,14H,3,8H2,1-2H3. The summed E-state index contributed by atoms with van der Waals surface area (Å²) in [5, 5.41) is 7.76. The fourth-order valence-electron chi connectivity index (χ4n) is 1.64. The smallest absolute Gasteiger partial charge is 0.0853 e. The van der Waals surface area contributed by atoms with Gasteiger partial charge in [-0.25, -0.2) is 0 Å². The van der Waals surface area contributed by atoms with Crippen molar-refractivity contribution >= 4 is 5.69 Å². The summed E-state index contributed by atoms with van der Waals surface area (Å²) in [7, 11) is 1.94. The molecule has 0 amide bonds. The molecule has 0 aliphatic heterocycles. The average Bonchev–Trinajstić information content (AvgIpc) is 2.68. The van der Waals surface area contributed by atoms with Gasteiger partial charge in [-0.1, -0.05) is 13.0 Å². The molecule has 16 heavy (non-hydrogen) atoms. The molecule has 2 rings (SSSR count). The number of anilines is 1. The van der Waals surface area contributed by atoms with E-state index in [0.717, 1.165) is 24.3 Å². The SMILES string of the molecule is CCc1nn(C)cc1NCc1cccnc1. The van der Waals surface area contributed by atoms with Gasteiger partial charge in [0, 0.05) is 32.2 Å². The van der Waals surface area contributed by atoms with Crippen molar-refractivity contribution in [2.75, 3.05) is 5.32 Å². The van der Waals surface area contributed by atoms with E-state index in [1.165, 1.54) is 5.56 Å². The van der Waals surface area contributed by atoms with Gasteiger partial charge in [0.15, 0.2) is 0 Å². The molecule has 0 bridgehead atoms. The number of rotatable bonds is 4. The van der Waals surface area contributed by atoms with Crippen molar-refractivity contribution in [2.24, 2.45) is 7.05 Å². The molecule has 2 heterocycles. The van der Waals surface area contributed by atoms with E-state index in [0.29, 0.717) is 0 Å². The summed E-state index contributed by atoms with van der Waals surface area (Å²) in [5.74, 6) is 0. The Morgan fingerprint density at radius 3 is 3.00 bits per heavy atom. The number of aryl methyl sites for hydroxylation is 2. The number of pyridine rings is 1. The second kappa shape index (κ2) is 4.79. The normalized spacial score (nSPS) is 10.4. The Kier molecular flexibility index (Phi) is 3.19. The van der Waals surface area contributed by atoms with E-state index >= 15 is 0 Å². The van der Waals surface area contributed by atoms with Crippen molar-refractivity contribution in [2.45, 2.75) is 19.9 Å². The average molecular weight is 216 g/mol. The molecule has 0 aliphatic carbocycles. The van der Waals surface area contributed by atoms with Crippen LogP contribution in [0.5, 0.6) is 0 Å². The van der Waals surface area contributed by atoms with Crippen molar-refractivity contribution in [1.82, 2.24) is 14.8 Å². The molecule has 0 spiro atoms. The Hall–Kier alpha value is -1.84. The number of hydrogen-bond acceptors (Lipinski definition) is 3. The molecule has 1 N–H and O–H groups in total. The lowest BCUT2D eigenvalue weighted by Gasteiger charge is -2.04. The topological polar surface area (TPSA) is 42.7 Å². The first-order valence-corrected chi connectivity index (χ1v) is 5.45. The molecule has 0 atom stereocenters. The molecule has 0 saturated carbocycles. The summed E-state index contributed by atoms with van der Waals surface area (Å²) in [5.41, 5.74) is 3.38. The van der Waals surface area contributed by atoms with E-state index in [4.69, 9.17) is 0 Å². The third-order valence-corrected chi connectivity index (χ3v) is 2.45. The molecular weight excluding hydrogens is 200 g/mol. The highest BCUT2D eigenvalue weighted by Gasteiger charge is 2.04. The molecule has 0 saturated heterocycles. The van der Waals surface area contributed by atoms with Gasteiger partial charge < -0.3 is 5.32 Å². The van der Waals surface area contributed by atoms with Gasteiger partial charge in [0.1, 0.15) is 0 Å². The molecule has 0 unspecified atom stereocenters. The summed E-state index contributed by atoms with van der Waals surface area (Å²) >= 11 is 0. The van der Waals surface area contributed by atoms with E-state index < -0.39 is 0 Å². The van der Waals surface area contributed by atoms with E-state index in [-0.39, 0.29) is 0 Å². The zero-order chi connectivity index (χ0) is 11.4. The summed E-state index contributed by atoms with van der Waals surface area (Å²) < 4.78 is 1.84. The predicted octanol–water partition coefficient (Wildman–Crippen LogP) is 1.99. The van der Waals surface area contributed by atoms with Crippen LogP contribution in [0.4, 0.5) is 5.69 Å². The van der Waals surface area contributed by atoms with Gasteiger partial charge in [0.05, 0.1) is 11.4 Å². The highest BCUT2D eigenvalue weighted by atomic mass is 15.3. The molecule has 0 aliphatic rings. The van der Waals surface area contributed by atoms with Crippen LogP contribution in [0.15, 0.2) is 30.7 Å². The quantitative estimate of drug-likeness (QED) is 0.850. The first-order chi connectivity index (χ1) is 7.79. The summed E-state index contributed by atoms with van der Waals surface area (Å²) in [4.78, 5) is 4.08. The van der Waals surface area contributed by atoms with Crippen LogP contribution in [-0.4, -0.2) is 14.8 Å². The maximum atomic E-state index is 4.38. The van der Waals surface area contributed by atoms with Crippen LogP contribution in [0.3, 0.4) is 0 Å². The predicted molar refractivity (Wildman–Crippen MR) is 64.1 cm³/mol. The van der Waals surface area contributed by atoms with Crippen LogP contribution >= 0.6 is 0 Å². The number of nitrogens with zero attached hydrogens (tertiary/aromatic N) is 3. The lowest BCUT2D eigenvalue weighted by atomic mass is 10.2. The third-order valence-electron chi connectivity index (χ3n) is 2.45. The minimum Gasteiger partial charge on any atom is -0.378 e. The van der Waals surface area contributed by atoms with Crippen molar-refractivity contribution in [3.8, 4) is 0 Å².